The highest BCUT2D eigenvalue weighted by atomic mass is 32.1. The van der Waals surface area contributed by atoms with Gasteiger partial charge in [-0.3, -0.25) is 10.1 Å². The van der Waals surface area contributed by atoms with Crippen molar-refractivity contribution in [2.75, 3.05) is 7.11 Å². The number of methoxy groups -OCH3 is 1. The third-order valence-corrected chi connectivity index (χ3v) is 4.07. The SMILES string of the molecule is CO[C@@H](C)c1nc(COc2ccc([N+](=O)[O-])cc2C)cs1. The molecule has 0 saturated heterocycles. The van der Waals surface area contributed by atoms with E-state index in [1.165, 1.54) is 23.5 Å². The van der Waals surface area contributed by atoms with Crippen LogP contribution in [0.2, 0.25) is 0 Å². The van der Waals surface area contributed by atoms with Gasteiger partial charge in [-0.25, -0.2) is 4.98 Å². The maximum Gasteiger partial charge on any atom is 0.269 e. The summed E-state index contributed by atoms with van der Waals surface area (Å²) >= 11 is 1.52. The second-order valence-electron chi connectivity index (χ2n) is 4.55. The van der Waals surface area contributed by atoms with E-state index in [0.717, 1.165) is 16.3 Å². The number of non-ortho nitro benzene ring substituents is 1. The predicted octanol–water partition coefficient (Wildman–Crippen LogP) is 3.65. The minimum atomic E-state index is -0.421. The Morgan fingerprint density at radius 1 is 1.48 bits per heavy atom. The van der Waals surface area contributed by atoms with E-state index >= 15 is 0 Å². The number of ether oxygens (including phenoxy) is 2. The maximum absolute atomic E-state index is 10.7. The van der Waals surface area contributed by atoms with Crippen molar-refractivity contribution >= 4 is 17.0 Å². The second-order valence-corrected chi connectivity index (χ2v) is 5.44. The molecule has 0 bridgehead atoms. The van der Waals surface area contributed by atoms with Crippen molar-refractivity contribution in [1.82, 2.24) is 4.98 Å². The van der Waals surface area contributed by atoms with Crippen LogP contribution in [0.15, 0.2) is 23.6 Å². The number of nitro benzene ring substituents is 1. The summed E-state index contributed by atoms with van der Waals surface area (Å²) in [5, 5.41) is 13.5. The second kappa shape index (κ2) is 6.64. The Morgan fingerprint density at radius 3 is 2.86 bits per heavy atom. The van der Waals surface area contributed by atoms with Gasteiger partial charge in [0.25, 0.3) is 5.69 Å². The van der Waals surface area contributed by atoms with Gasteiger partial charge in [-0.2, -0.15) is 0 Å². The van der Waals surface area contributed by atoms with Crippen LogP contribution in [0.25, 0.3) is 0 Å². The summed E-state index contributed by atoms with van der Waals surface area (Å²) in [4.78, 5) is 14.7. The molecule has 7 heteroatoms. The van der Waals surface area contributed by atoms with Crippen molar-refractivity contribution < 1.29 is 14.4 Å². The van der Waals surface area contributed by atoms with Crippen molar-refractivity contribution in [2.45, 2.75) is 26.6 Å². The van der Waals surface area contributed by atoms with E-state index in [1.54, 1.807) is 20.1 Å². The van der Waals surface area contributed by atoms with Gasteiger partial charge in [-0.15, -0.1) is 11.3 Å². The van der Waals surface area contributed by atoms with E-state index in [0.29, 0.717) is 12.4 Å². The lowest BCUT2D eigenvalue weighted by molar-refractivity contribution is -0.384. The molecule has 0 spiro atoms. The summed E-state index contributed by atoms with van der Waals surface area (Å²) in [6.07, 6.45) is -0.0372. The fourth-order valence-corrected chi connectivity index (χ4v) is 2.57. The zero-order valence-electron chi connectivity index (χ0n) is 12.0. The van der Waals surface area contributed by atoms with Gasteiger partial charge in [0.15, 0.2) is 0 Å². The van der Waals surface area contributed by atoms with Crippen molar-refractivity contribution in [1.29, 1.82) is 0 Å². The summed E-state index contributed by atoms with van der Waals surface area (Å²) in [5.74, 6) is 0.620. The fourth-order valence-electron chi connectivity index (χ4n) is 1.74. The molecule has 1 heterocycles. The molecule has 0 fully saturated rings. The first-order valence-corrected chi connectivity index (χ1v) is 7.24. The van der Waals surface area contributed by atoms with Crippen molar-refractivity contribution in [3.05, 3.63) is 50.0 Å². The summed E-state index contributed by atoms with van der Waals surface area (Å²) in [5.41, 5.74) is 1.60. The third kappa shape index (κ3) is 3.77. The zero-order valence-corrected chi connectivity index (χ0v) is 12.8. The number of aromatic nitrogens is 1. The number of hydrogen-bond acceptors (Lipinski definition) is 6. The van der Waals surface area contributed by atoms with E-state index in [9.17, 15) is 10.1 Å². The summed E-state index contributed by atoms with van der Waals surface area (Å²) in [6.45, 7) is 4.04. The van der Waals surface area contributed by atoms with E-state index < -0.39 is 4.92 Å². The minimum absolute atomic E-state index is 0.0372. The maximum atomic E-state index is 10.7. The van der Waals surface area contributed by atoms with Gasteiger partial charge in [0.1, 0.15) is 23.5 Å². The van der Waals surface area contributed by atoms with Crippen LogP contribution in [0, 0.1) is 17.0 Å². The lowest BCUT2D eigenvalue weighted by Gasteiger charge is -2.07. The Hall–Kier alpha value is -1.99. The largest absolute Gasteiger partial charge is 0.487 e. The minimum Gasteiger partial charge on any atom is -0.487 e. The molecule has 0 aliphatic heterocycles. The molecule has 0 saturated carbocycles. The molecule has 0 unspecified atom stereocenters. The van der Waals surface area contributed by atoms with Crippen LogP contribution < -0.4 is 4.74 Å². The molecule has 2 aromatic rings. The van der Waals surface area contributed by atoms with Crippen molar-refractivity contribution in [3.63, 3.8) is 0 Å². The topological polar surface area (TPSA) is 74.5 Å². The van der Waals surface area contributed by atoms with E-state index in [1.807, 2.05) is 12.3 Å². The Bertz CT molecular complexity index is 642. The standard InChI is InChI=1S/C14H16N2O4S/c1-9-6-12(16(17)18)4-5-13(9)20-7-11-8-21-14(15-11)10(2)19-3/h4-6,8,10H,7H2,1-3H3/t10-/m0/s1. The summed E-state index contributed by atoms with van der Waals surface area (Å²) in [6, 6.07) is 4.54. The number of rotatable bonds is 6. The van der Waals surface area contributed by atoms with Gasteiger partial charge < -0.3 is 9.47 Å². The Morgan fingerprint density at radius 2 is 2.24 bits per heavy atom. The molecule has 1 atom stereocenters. The van der Waals surface area contributed by atoms with Crippen LogP contribution in [0.5, 0.6) is 5.75 Å². The molecule has 0 aliphatic rings. The van der Waals surface area contributed by atoms with Crippen molar-refractivity contribution in [3.8, 4) is 5.75 Å². The fraction of sp³-hybridized carbons (Fsp3) is 0.357. The highest BCUT2D eigenvalue weighted by Gasteiger charge is 2.11. The van der Waals surface area contributed by atoms with Crippen LogP contribution in [0.1, 0.15) is 29.3 Å². The number of nitro groups is 1. The summed E-state index contributed by atoms with van der Waals surface area (Å²) in [7, 11) is 1.64. The Kier molecular flexibility index (Phi) is 4.87. The van der Waals surface area contributed by atoms with E-state index in [-0.39, 0.29) is 11.8 Å². The highest BCUT2D eigenvalue weighted by molar-refractivity contribution is 7.09. The zero-order chi connectivity index (χ0) is 15.4. The first-order valence-electron chi connectivity index (χ1n) is 6.36. The molecule has 1 aromatic heterocycles. The lowest BCUT2D eigenvalue weighted by atomic mass is 10.2. The quantitative estimate of drug-likeness (QED) is 0.601. The average molecular weight is 308 g/mol. The molecule has 21 heavy (non-hydrogen) atoms. The molecule has 0 radical (unpaired) electrons. The van der Waals surface area contributed by atoms with Gasteiger partial charge >= 0.3 is 0 Å². The number of benzene rings is 1. The molecule has 0 amide bonds. The molecule has 0 aliphatic carbocycles. The first-order chi connectivity index (χ1) is 10.0. The molecule has 2 rings (SSSR count). The molecule has 1 aromatic carbocycles. The van der Waals surface area contributed by atoms with Gasteiger partial charge in [0.05, 0.1) is 10.6 Å². The third-order valence-electron chi connectivity index (χ3n) is 3.02. The molecule has 6 nitrogen and oxygen atoms in total. The highest BCUT2D eigenvalue weighted by Crippen LogP contribution is 2.25. The Labute approximate surface area is 126 Å². The molecule has 0 N–H and O–H groups in total. The van der Waals surface area contributed by atoms with E-state index in [4.69, 9.17) is 9.47 Å². The first kappa shape index (κ1) is 15.4. The van der Waals surface area contributed by atoms with Crippen LogP contribution in [0.4, 0.5) is 5.69 Å². The molecule has 112 valence electrons. The number of hydrogen-bond donors (Lipinski definition) is 0. The monoisotopic (exact) mass is 308 g/mol. The number of nitrogens with zero attached hydrogens (tertiary/aromatic N) is 2. The van der Waals surface area contributed by atoms with Crippen LogP contribution in [0.3, 0.4) is 0 Å². The summed E-state index contributed by atoms with van der Waals surface area (Å²) < 4.78 is 10.9. The predicted molar refractivity (Wildman–Crippen MR) is 79.7 cm³/mol. The van der Waals surface area contributed by atoms with Gasteiger partial charge in [-0.1, -0.05) is 0 Å². The molecular formula is C14H16N2O4S. The smallest absolute Gasteiger partial charge is 0.269 e. The average Bonchev–Trinajstić information content (AvgIpc) is 2.93. The molecular weight excluding hydrogens is 292 g/mol. The van der Waals surface area contributed by atoms with Crippen molar-refractivity contribution in [2.24, 2.45) is 0 Å². The normalized spacial score (nSPS) is 12.1. The van der Waals surface area contributed by atoms with E-state index in [2.05, 4.69) is 4.98 Å². The van der Waals surface area contributed by atoms with Crippen LogP contribution >= 0.6 is 11.3 Å². The van der Waals surface area contributed by atoms with Crippen LogP contribution in [-0.4, -0.2) is 17.0 Å². The van der Waals surface area contributed by atoms with Gasteiger partial charge in [-0.05, 0) is 25.5 Å². The van der Waals surface area contributed by atoms with Gasteiger partial charge in [0.2, 0.25) is 0 Å². The Balaban J connectivity index is 2.03. The van der Waals surface area contributed by atoms with Crippen LogP contribution in [-0.2, 0) is 11.3 Å². The number of aryl methyl sites for hydroxylation is 1. The number of thiazole rings is 1. The van der Waals surface area contributed by atoms with Gasteiger partial charge in [0, 0.05) is 24.6 Å². The lowest BCUT2D eigenvalue weighted by Crippen LogP contribution is -2.00.